The molecule has 4 heteroatoms. The summed E-state index contributed by atoms with van der Waals surface area (Å²) >= 11 is 1.55. The molecule has 1 aliphatic rings. The summed E-state index contributed by atoms with van der Waals surface area (Å²) in [6.07, 6.45) is 5.20. The van der Waals surface area contributed by atoms with Crippen LogP contribution in [0.3, 0.4) is 0 Å². The zero-order valence-corrected chi connectivity index (χ0v) is 10.4. The molecular formula is C12H14N2OS. The van der Waals surface area contributed by atoms with Gasteiger partial charge in [-0.05, 0) is 32.4 Å². The third kappa shape index (κ3) is 2.30. The monoisotopic (exact) mass is 234 g/mol. The molecule has 0 aliphatic heterocycles. The summed E-state index contributed by atoms with van der Waals surface area (Å²) < 4.78 is 5.59. The SMILES string of the molecule is CC#CCOc1nc(SC)nc2c1CCC2. The van der Waals surface area contributed by atoms with E-state index in [1.54, 1.807) is 18.7 Å². The van der Waals surface area contributed by atoms with Gasteiger partial charge in [0.2, 0.25) is 5.88 Å². The van der Waals surface area contributed by atoms with Crippen LogP contribution in [0.1, 0.15) is 24.6 Å². The Balaban J connectivity index is 2.26. The number of thioether (sulfide) groups is 1. The van der Waals surface area contributed by atoms with Crippen molar-refractivity contribution >= 4 is 11.8 Å². The lowest BCUT2D eigenvalue weighted by molar-refractivity contribution is 0.346. The van der Waals surface area contributed by atoms with Crippen molar-refractivity contribution < 1.29 is 4.74 Å². The summed E-state index contributed by atoms with van der Waals surface area (Å²) in [6, 6.07) is 0. The van der Waals surface area contributed by atoms with Crippen LogP contribution in [-0.2, 0) is 12.8 Å². The molecule has 0 atom stereocenters. The topological polar surface area (TPSA) is 35.0 Å². The molecule has 0 fully saturated rings. The number of aromatic nitrogens is 2. The fourth-order valence-corrected chi connectivity index (χ4v) is 2.14. The van der Waals surface area contributed by atoms with Crippen LogP contribution in [0.15, 0.2) is 5.16 Å². The van der Waals surface area contributed by atoms with Crippen molar-refractivity contribution in [3.63, 3.8) is 0 Å². The van der Waals surface area contributed by atoms with Gasteiger partial charge >= 0.3 is 0 Å². The predicted molar refractivity (Wildman–Crippen MR) is 64.8 cm³/mol. The highest BCUT2D eigenvalue weighted by Gasteiger charge is 2.19. The number of ether oxygens (including phenoxy) is 1. The minimum Gasteiger partial charge on any atom is -0.464 e. The Morgan fingerprint density at radius 3 is 3.00 bits per heavy atom. The number of hydrogen-bond acceptors (Lipinski definition) is 4. The van der Waals surface area contributed by atoms with Gasteiger partial charge in [0.15, 0.2) is 11.8 Å². The van der Waals surface area contributed by atoms with E-state index in [4.69, 9.17) is 4.74 Å². The third-order valence-corrected chi connectivity index (χ3v) is 3.06. The highest BCUT2D eigenvalue weighted by atomic mass is 32.2. The predicted octanol–water partition coefficient (Wildman–Crippen LogP) is 2.09. The van der Waals surface area contributed by atoms with E-state index in [0.29, 0.717) is 6.61 Å². The van der Waals surface area contributed by atoms with Gasteiger partial charge in [-0.25, -0.2) is 4.98 Å². The summed E-state index contributed by atoms with van der Waals surface area (Å²) in [5.41, 5.74) is 2.33. The van der Waals surface area contributed by atoms with Crippen LogP contribution in [0.2, 0.25) is 0 Å². The number of nitrogens with zero attached hydrogens (tertiary/aromatic N) is 2. The summed E-state index contributed by atoms with van der Waals surface area (Å²) in [5, 5.41) is 0.792. The third-order valence-electron chi connectivity index (χ3n) is 2.52. The fraction of sp³-hybridized carbons (Fsp3) is 0.500. The largest absolute Gasteiger partial charge is 0.464 e. The van der Waals surface area contributed by atoms with Crippen LogP contribution >= 0.6 is 11.8 Å². The highest BCUT2D eigenvalue weighted by Crippen LogP contribution is 2.29. The summed E-state index contributed by atoms with van der Waals surface area (Å²) in [5.74, 6) is 6.43. The first-order chi connectivity index (χ1) is 7.85. The normalized spacial score (nSPS) is 12.9. The molecule has 1 aromatic rings. The van der Waals surface area contributed by atoms with E-state index in [2.05, 4.69) is 21.8 Å². The first-order valence-corrected chi connectivity index (χ1v) is 6.54. The molecule has 84 valence electrons. The summed E-state index contributed by atoms with van der Waals surface area (Å²) in [7, 11) is 0. The maximum Gasteiger partial charge on any atom is 0.221 e. The molecule has 1 aromatic heterocycles. The Bertz CT molecular complexity index is 448. The minimum absolute atomic E-state index is 0.410. The average molecular weight is 234 g/mol. The van der Waals surface area contributed by atoms with Gasteiger partial charge in [-0.2, -0.15) is 4.98 Å². The lowest BCUT2D eigenvalue weighted by atomic mass is 10.2. The molecule has 0 N–H and O–H groups in total. The van der Waals surface area contributed by atoms with Crippen molar-refractivity contribution in [3.05, 3.63) is 11.3 Å². The molecule has 0 bridgehead atoms. The second kappa shape index (κ2) is 5.22. The molecule has 0 saturated heterocycles. The Kier molecular flexibility index (Phi) is 3.68. The maximum atomic E-state index is 5.59. The van der Waals surface area contributed by atoms with Crippen LogP contribution in [0, 0.1) is 11.8 Å². The lowest BCUT2D eigenvalue weighted by Crippen LogP contribution is -2.03. The van der Waals surface area contributed by atoms with E-state index in [0.717, 1.165) is 36.0 Å². The molecule has 2 rings (SSSR count). The van der Waals surface area contributed by atoms with Crippen LogP contribution in [0.25, 0.3) is 0 Å². The maximum absolute atomic E-state index is 5.59. The van der Waals surface area contributed by atoms with Gasteiger partial charge in [-0.15, -0.1) is 5.92 Å². The van der Waals surface area contributed by atoms with Gasteiger partial charge in [0.1, 0.15) is 0 Å². The molecule has 0 amide bonds. The number of hydrogen-bond donors (Lipinski definition) is 0. The molecule has 1 aliphatic carbocycles. The highest BCUT2D eigenvalue weighted by molar-refractivity contribution is 7.98. The molecule has 3 nitrogen and oxygen atoms in total. The smallest absolute Gasteiger partial charge is 0.221 e. The molecular weight excluding hydrogens is 220 g/mol. The van der Waals surface area contributed by atoms with E-state index in [9.17, 15) is 0 Å². The Morgan fingerprint density at radius 1 is 1.38 bits per heavy atom. The fourth-order valence-electron chi connectivity index (χ4n) is 1.76. The minimum atomic E-state index is 0.410. The van der Waals surface area contributed by atoms with E-state index < -0.39 is 0 Å². The number of rotatable bonds is 3. The van der Waals surface area contributed by atoms with Gasteiger partial charge in [0, 0.05) is 5.56 Å². The molecule has 0 spiro atoms. The Labute approximate surface area is 100 Å². The van der Waals surface area contributed by atoms with E-state index >= 15 is 0 Å². The van der Waals surface area contributed by atoms with E-state index in [1.807, 2.05) is 6.26 Å². The van der Waals surface area contributed by atoms with Crippen molar-refractivity contribution in [2.24, 2.45) is 0 Å². The lowest BCUT2D eigenvalue weighted by Gasteiger charge is -2.08. The molecule has 0 saturated carbocycles. The molecule has 16 heavy (non-hydrogen) atoms. The zero-order valence-electron chi connectivity index (χ0n) is 9.54. The Morgan fingerprint density at radius 2 is 2.25 bits per heavy atom. The van der Waals surface area contributed by atoms with Crippen LogP contribution in [0.4, 0.5) is 0 Å². The number of aryl methyl sites for hydroxylation is 1. The van der Waals surface area contributed by atoms with E-state index in [-0.39, 0.29) is 0 Å². The van der Waals surface area contributed by atoms with Crippen LogP contribution in [-0.4, -0.2) is 22.8 Å². The second-order valence-electron chi connectivity index (χ2n) is 3.51. The van der Waals surface area contributed by atoms with Gasteiger partial charge < -0.3 is 4.74 Å². The number of fused-ring (bicyclic) bond motifs is 1. The summed E-state index contributed by atoms with van der Waals surface area (Å²) in [4.78, 5) is 8.89. The molecule has 1 heterocycles. The van der Waals surface area contributed by atoms with Crippen molar-refractivity contribution in [3.8, 4) is 17.7 Å². The van der Waals surface area contributed by atoms with Gasteiger partial charge in [-0.3, -0.25) is 0 Å². The standard InChI is InChI=1S/C12H14N2OS/c1-3-4-8-15-11-9-6-5-7-10(9)13-12(14-11)16-2/h5-8H2,1-2H3. The average Bonchev–Trinajstić information content (AvgIpc) is 2.77. The molecule has 0 radical (unpaired) electrons. The van der Waals surface area contributed by atoms with Gasteiger partial charge in [0.25, 0.3) is 0 Å². The first kappa shape index (κ1) is 11.3. The van der Waals surface area contributed by atoms with Crippen molar-refractivity contribution in [2.75, 3.05) is 12.9 Å². The summed E-state index contributed by atoms with van der Waals surface area (Å²) in [6.45, 7) is 2.22. The van der Waals surface area contributed by atoms with Gasteiger partial charge in [-0.1, -0.05) is 17.7 Å². The van der Waals surface area contributed by atoms with Crippen molar-refractivity contribution in [1.29, 1.82) is 0 Å². The Hall–Kier alpha value is -1.21. The quantitative estimate of drug-likeness (QED) is 0.456. The van der Waals surface area contributed by atoms with Crippen LogP contribution in [0.5, 0.6) is 5.88 Å². The van der Waals surface area contributed by atoms with Crippen molar-refractivity contribution in [1.82, 2.24) is 9.97 Å². The van der Waals surface area contributed by atoms with Crippen molar-refractivity contribution in [2.45, 2.75) is 31.3 Å². The van der Waals surface area contributed by atoms with Gasteiger partial charge in [0.05, 0.1) is 5.69 Å². The molecule has 0 unspecified atom stereocenters. The van der Waals surface area contributed by atoms with E-state index in [1.165, 1.54) is 5.56 Å². The second-order valence-corrected chi connectivity index (χ2v) is 4.28. The zero-order chi connectivity index (χ0) is 11.4. The molecule has 0 aromatic carbocycles. The van der Waals surface area contributed by atoms with Crippen LogP contribution < -0.4 is 4.74 Å². The first-order valence-electron chi connectivity index (χ1n) is 5.31.